The van der Waals surface area contributed by atoms with Gasteiger partial charge >= 0.3 is 0 Å². The van der Waals surface area contributed by atoms with Gasteiger partial charge in [0.15, 0.2) is 5.96 Å². The van der Waals surface area contributed by atoms with Gasteiger partial charge in [-0.2, -0.15) is 0 Å². The average molecular weight is 458 g/mol. The van der Waals surface area contributed by atoms with E-state index in [2.05, 4.69) is 20.5 Å². The van der Waals surface area contributed by atoms with E-state index >= 15 is 0 Å². The molecule has 8 heteroatoms. The summed E-state index contributed by atoms with van der Waals surface area (Å²) in [7, 11) is -1.15. The quantitative estimate of drug-likeness (QED) is 0.339. The van der Waals surface area contributed by atoms with Gasteiger partial charge in [0.05, 0.1) is 5.75 Å². The standard InChI is InChI=1S/C15H30N4O2S.HI/c1-12(7-9-22(3,20)21)18-15(16-2)17-10-13-6-8-19(11-13)14-4-5-14;/h12-14H,4-11H2,1-3H3,(H2,16,17,18);1H. The zero-order valence-corrected chi connectivity index (χ0v) is 17.6. The first-order valence-electron chi connectivity index (χ1n) is 8.26. The van der Waals surface area contributed by atoms with Crippen LogP contribution >= 0.6 is 24.0 Å². The first-order valence-corrected chi connectivity index (χ1v) is 10.3. The van der Waals surface area contributed by atoms with Crippen LogP contribution in [0.1, 0.15) is 32.6 Å². The van der Waals surface area contributed by atoms with Gasteiger partial charge in [0, 0.05) is 38.5 Å². The molecule has 1 saturated heterocycles. The fourth-order valence-corrected chi connectivity index (χ4v) is 3.71. The highest BCUT2D eigenvalue weighted by Crippen LogP contribution is 2.31. The van der Waals surface area contributed by atoms with Crippen molar-refractivity contribution >= 4 is 39.8 Å². The lowest BCUT2D eigenvalue weighted by atomic mass is 10.1. The maximum Gasteiger partial charge on any atom is 0.191 e. The summed E-state index contributed by atoms with van der Waals surface area (Å²) in [4.78, 5) is 6.84. The van der Waals surface area contributed by atoms with Crippen LogP contribution in [0.25, 0.3) is 0 Å². The molecule has 1 aliphatic heterocycles. The summed E-state index contributed by atoms with van der Waals surface area (Å²) in [6, 6.07) is 0.950. The first-order chi connectivity index (χ1) is 10.4. The van der Waals surface area contributed by atoms with Crippen molar-refractivity contribution in [2.45, 2.75) is 44.7 Å². The van der Waals surface area contributed by atoms with Gasteiger partial charge < -0.3 is 15.5 Å². The van der Waals surface area contributed by atoms with Crippen molar-refractivity contribution in [1.82, 2.24) is 15.5 Å². The molecule has 2 unspecified atom stereocenters. The number of nitrogens with one attached hydrogen (secondary N) is 2. The number of sulfone groups is 1. The molecule has 136 valence electrons. The topological polar surface area (TPSA) is 73.8 Å². The molecular formula is C15H31IN4O2S. The van der Waals surface area contributed by atoms with Gasteiger partial charge in [-0.25, -0.2) is 8.42 Å². The van der Waals surface area contributed by atoms with E-state index in [1.165, 1.54) is 38.6 Å². The third-order valence-corrected chi connectivity index (χ3v) is 5.44. The zero-order chi connectivity index (χ0) is 16.2. The SMILES string of the molecule is CN=C(NCC1CCN(C2CC2)C1)NC(C)CCS(C)(=O)=O.I. The normalized spacial score (nSPS) is 24.1. The lowest BCUT2D eigenvalue weighted by molar-refractivity contribution is 0.314. The molecule has 2 atom stereocenters. The number of guanidine groups is 1. The summed E-state index contributed by atoms with van der Waals surface area (Å²) in [5.74, 6) is 1.66. The van der Waals surface area contributed by atoms with E-state index < -0.39 is 9.84 Å². The molecule has 0 aromatic rings. The van der Waals surface area contributed by atoms with Gasteiger partial charge in [-0.05, 0) is 45.1 Å². The van der Waals surface area contributed by atoms with E-state index in [1.807, 2.05) is 6.92 Å². The minimum absolute atomic E-state index is 0. The Kier molecular flexibility index (Phi) is 8.57. The molecule has 23 heavy (non-hydrogen) atoms. The number of nitrogens with zero attached hydrogens (tertiary/aromatic N) is 2. The van der Waals surface area contributed by atoms with Gasteiger partial charge in [0.25, 0.3) is 0 Å². The molecule has 0 radical (unpaired) electrons. The molecule has 2 rings (SSSR count). The monoisotopic (exact) mass is 458 g/mol. The van der Waals surface area contributed by atoms with Gasteiger partial charge in [-0.3, -0.25) is 4.99 Å². The van der Waals surface area contributed by atoms with Crippen molar-refractivity contribution in [1.29, 1.82) is 0 Å². The Morgan fingerprint density at radius 3 is 2.61 bits per heavy atom. The van der Waals surface area contributed by atoms with Crippen molar-refractivity contribution in [2.24, 2.45) is 10.9 Å². The molecule has 6 nitrogen and oxygen atoms in total. The second-order valence-corrected chi connectivity index (χ2v) is 9.06. The summed E-state index contributed by atoms with van der Waals surface area (Å²) in [5, 5.41) is 6.65. The number of hydrogen-bond acceptors (Lipinski definition) is 4. The van der Waals surface area contributed by atoms with Crippen molar-refractivity contribution in [2.75, 3.05) is 38.7 Å². The summed E-state index contributed by atoms with van der Waals surface area (Å²) in [5.41, 5.74) is 0. The van der Waals surface area contributed by atoms with Crippen molar-refractivity contribution in [3.63, 3.8) is 0 Å². The molecule has 2 aliphatic rings. The molecule has 1 aliphatic carbocycles. The van der Waals surface area contributed by atoms with Crippen LogP contribution < -0.4 is 10.6 Å². The lowest BCUT2D eigenvalue weighted by Gasteiger charge is -2.20. The second kappa shape index (κ2) is 9.41. The molecule has 2 N–H and O–H groups in total. The number of rotatable bonds is 7. The van der Waals surface area contributed by atoms with Crippen LogP contribution in [-0.2, 0) is 9.84 Å². The van der Waals surface area contributed by atoms with Gasteiger partial charge in [-0.15, -0.1) is 24.0 Å². The highest BCUT2D eigenvalue weighted by atomic mass is 127. The number of likely N-dealkylation sites (tertiary alicyclic amines) is 1. The Balaban J connectivity index is 0.00000264. The van der Waals surface area contributed by atoms with Crippen LogP contribution in [0.3, 0.4) is 0 Å². The molecule has 0 aromatic heterocycles. The summed E-state index contributed by atoms with van der Waals surface area (Å²) < 4.78 is 22.4. The van der Waals surface area contributed by atoms with Crippen molar-refractivity contribution in [3.05, 3.63) is 0 Å². The third-order valence-electron chi connectivity index (χ3n) is 4.47. The molecule has 2 fully saturated rings. The van der Waals surface area contributed by atoms with E-state index in [4.69, 9.17) is 0 Å². The smallest absolute Gasteiger partial charge is 0.191 e. The van der Waals surface area contributed by atoms with E-state index in [-0.39, 0.29) is 35.8 Å². The minimum Gasteiger partial charge on any atom is -0.356 e. The average Bonchev–Trinajstić information content (AvgIpc) is 3.20. The van der Waals surface area contributed by atoms with Gasteiger partial charge in [0.1, 0.15) is 9.84 Å². The number of aliphatic imine (C=N–C) groups is 1. The fourth-order valence-electron chi connectivity index (χ4n) is 2.93. The van der Waals surface area contributed by atoms with Crippen LogP contribution in [0.2, 0.25) is 0 Å². The maximum atomic E-state index is 11.2. The zero-order valence-electron chi connectivity index (χ0n) is 14.4. The van der Waals surface area contributed by atoms with Crippen molar-refractivity contribution in [3.8, 4) is 0 Å². The molecule has 0 bridgehead atoms. The summed E-state index contributed by atoms with van der Waals surface area (Å²) >= 11 is 0. The van der Waals surface area contributed by atoms with Crippen LogP contribution in [0, 0.1) is 5.92 Å². The Morgan fingerprint density at radius 2 is 2.04 bits per heavy atom. The summed E-state index contributed by atoms with van der Waals surface area (Å²) in [6.07, 6.45) is 5.88. The predicted molar refractivity (Wildman–Crippen MR) is 106 cm³/mol. The van der Waals surface area contributed by atoms with Crippen LogP contribution in [-0.4, -0.2) is 70.1 Å². The maximum absolute atomic E-state index is 11.2. The van der Waals surface area contributed by atoms with Crippen molar-refractivity contribution < 1.29 is 8.42 Å². The highest BCUT2D eigenvalue weighted by molar-refractivity contribution is 14.0. The van der Waals surface area contributed by atoms with E-state index in [1.54, 1.807) is 7.05 Å². The molecule has 1 heterocycles. The lowest BCUT2D eigenvalue weighted by Crippen LogP contribution is -2.44. The van der Waals surface area contributed by atoms with E-state index in [0.717, 1.165) is 18.5 Å². The largest absolute Gasteiger partial charge is 0.356 e. The highest BCUT2D eigenvalue weighted by Gasteiger charge is 2.34. The molecular weight excluding hydrogens is 427 g/mol. The number of halogens is 1. The molecule has 0 amide bonds. The van der Waals surface area contributed by atoms with Gasteiger partial charge in [0.2, 0.25) is 0 Å². The Bertz CT molecular complexity index is 494. The number of hydrogen-bond donors (Lipinski definition) is 2. The molecule has 0 aromatic carbocycles. The first kappa shape index (κ1) is 21.0. The van der Waals surface area contributed by atoms with E-state index in [9.17, 15) is 8.42 Å². The van der Waals surface area contributed by atoms with E-state index in [0.29, 0.717) is 12.3 Å². The minimum atomic E-state index is -2.90. The second-order valence-electron chi connectivity index (χ2n) is 6.80. The Labute approximate surface area is 157 Å². The predicted octanol–water partition coefficient (Wildman–Crippen LogP) is 1.08. The van der Waals surface area contributed by atoms with Gasteiger partial charge in [-0.1, -0.05) is 0 Å². The Hall–Kier alpha value is -0.0900. The van der Waals surface area contributed by atoms with Crippen LogP contribution in [0.4, 0.5) is 0 Å². The molecule has 0 spiro atoms. The molecule has 1 saturated carbocycles. The van der Waals surface area contributed by atoms with Crippen LogP contribution in [0.5, 0.6) is 0 Å². The third kappa shape index (κ3) is 8.02. The summed E-state index contributed by atoms with van der Waals surface area (Å²) in [6.45, 7) is 5.34. The Morgan fingerprint density at radius 1 is 1.35 bits per heavy atom. The fraction of sp³-hybridized carbons (Fsp3) is 0.933. The van der Waals surface area contributed by atoms with Crippen LogP contribution in [0.15, 0.2) is 4.99 Å².